The predicted octanol–water partition coefficient (Wildman–Crippen LogP) is 7.49. The second-order valence-corrected chi connectivity index (χ2v) is 14.0. The van der Waals surface area contributed by atoms with Gasteiger partial charge in [0.05, 0.1) is 65.1 Å². The van der Waals surface area contributed by atoms with E-state index in [1.807, 2.05) is 48.5 Å². The number of amides is 3. The van der Waals surface area contributed by atoms with E-state index in [9.17, 15) is 14.4 Å². The molecule has 10 heteroatoms. The number of para-hydroxylation sites is 1. The predicted molar refractivity (Wildman–Crippen MR) is 219 cm³/mol. The summed E-state index contributed by atoms with van der Waals surface area (Å²) in [4.78, 5) is 39.5. The zero-order valence-electron chi connectivity index (χ0n) is 33.5. The van der Waals surface area contributed by atoms with Crippen LogP contribution in [-0.2, 0) is 39.9 Å². The van der Waals surface area contributed by atoms with Gasteiger partial charge in [0.15, 0.2) is 0 Å². The molecule has 3 rings (SSSR count). The number of anilines is 1. The van der Waals surface area contributed by atoms with Crippen LogP contribution in [0.2, 0.25) is 0 Å². The monoisotopic (exact) mass is 761 g/mol. The summed E-state index contributed by atoms with van der Waals surface area (Å²) in [5.41, 5.74) is 3.43. The Morgan fingerprint density at radius 1 is 0.545 bits per heavy atom. The number of fused-ring (bicyclic) bond motifs is 2. The number of ether oxygens (including phenoxy) is 4. The minimum Gasteiger partial charge on any atom is -0.377 e. The highest BCUT2D eigenvalue weighted by Crippen LogP contribution is 2.26. The van der Waals surface area contributed by atoms with E-state index < -0.39 is 0 Å². The van der Waals surface area contributed by atoms with Crippen molar-refractivity contribution < 1.29 is 33.3 Å². The molecule has 55 heavy (non-hydrogen) atoms. The van der Waals surface area contributed by atoms with E-state index in [1.165, 1.54) is 70.6 Å². The molecule has 0 atom stereocenters. The van der Waals surface area contributed by atoms with Crippen LogP contribution in [0.3, 0.4) is 0 Å². The van der Waals surface area contributed by atoms with Crippen molar-refractivity contribution in [3.05, 3.63) is 65.2 Å². The number of nitrogens with zero attached hydrogens (tertiary/aromatic N) is 1. The molecule has 2 aromatic carbocycles. The summed E-state index contributed by atoms with van der Waals surface area (Å²) in [5, 5.41) is 5.75. The fraction of sp³-hybridized carbons (Fsp3) is 0.622. The number of hydrogen-bond donors (Lipinski definition) is 2. The summed E-state index contributed by atoms with van der Waals surface area (Å²) in [6.45, 7) is 7.03. The van der Waals surface area contributed by atoms with Crippen molar-refractivity contribution in [3.8, 4) is 11.8 Å². The summed E-state index contributed by atoms with van der Waals surface area (Å²) in [5.74, 6) is 6.19. The van der Waals surface area contributed by atoms with Gasteiger partial charge in [-0.05, 0) is 30.2 Å². The zero-order valence-corrected chi connectivity index (χ0v) is 33.5. The van der Waals surface area contributed by atoms with Gasteiger partial charge in [-0.2, -0.15) is 0 Å². The van der Waals surface area contributed by atoms with Crippen molar-refractivity contribution in [1.29, 1.82) is 0 Å². The molecule has 0 spiro atoms. The highest BCUT2D eigenvalue weighted by Gasteiger charge is 2.21. The lowest BCUT2D eigenvalue weighted by Gasteiger charge is -2.26. The normalized spacial score (nSPS) is 11.8. The average molecular weight is 762 g/mol. The molecular weight excluding hydrogens is 695 g/mol. The minimum absolute atomic E-state index is 0.0924. The second kappa shape index (κ2) is 30.5. The van der Waals surface area contributed by atoms with Gasteiger partial charge in [0.25, 0.3) is 0 Å². The lowest BCUT2D eigenvalue weighted by atomic mass is 10.0. The molecule has 2 aromatic rings. The summed E-state index contributed by atoms with van der Waals surface area (Å²) in [6, 6.07) is 15.4. The molecule has 0 saturated carbocycles. The van der Waals surface area contributed by atoms with Crippen molar-refractivity contribution >= 4 is 23.4 Å². The minimum atomic E-state index is -0.195. The first-order valence-electron chi connectivity index (χ1n) is 20.9. The number of rotatable bonds is 32. The number of carbonyl (C=O) groups excluding carboxylic acids is 3. The van der Waals surface area contributed by atoms with Crippen molar-refractivity contribution in [2.24, 2.45) is 0 Å². The Balaban J connectivity index is 1.05. The highest BCUT2D eigenvalue weighted by molar-refractivity contribution is 5.96. The van der Waals surface area contributed by atoms with Crippen LogP contribution >= 0.6 is 0 Å². The summed E-state index contributed by atoms with van der Waals surface area (Å²) >= 11 is 0. The fourth-order valence-electron chi connectivity index (χ4n) is 6.33. The maximum atomic E-state index is 13.3. The fourth-order valence-corrected chi connectivity index (χ4v) is 6.33. The molecule has 0 radical (unpaired) electrons. The van der Waals surface area contributed by atoms with Crippen molar-refractivity contribution in [3.63, 3.8) is 0 Å². The van der Waals surface area contributed by atoms with E-state index in [2.05, 4.69) is 29.4 Å². The summed E-state index contributed by atoms with van der Waals surface area (Å²) in [7, 11) is 0. The Morgan fingerprint density at radius 2 is 1.00 bits per heavy atom. The molecule has 0 bridgehead atoms. The van der Waals surface area contributed by atoms with Crippen LogP contribution in [0.5, 0.6) is 0 Å². The molecule has 304 valence electrons. The van der Waals surface area contributed by atoms with Crippen LogP contribution in [-0.4, -0.2) is 83.7 Å². The third kappa shape index (κ3) is 21.2. The van der Waals surface area contributed by atoms with Crippen LogP contribution in [0, 0.1) is 11.8 Å². The summed E-state index contributed by atoms with van der Waals surface area (Å²) < 4.78 is 22.1. The Kier molecular flexibility index (Phi) is 25.3. The van der Waals surface area contributed by atoms with Gasteiger partial charge in [0.2, 0.25) is 17.7 Å². The summed E-state index contributed by atoms with van der Waals surface area (Å²) in [6.07, 6.45) is 17.7. The molecule has 0 fully saturated rings. The van der Waals surface area contributed by atoms with E-state index in [-0.39, 0.29) is 30.6 Å². The molecule has 10 nitrogen and oxygen atoms in total. The van der Waals surface area contributed by atoms with Crippen LogP contribution in [0.25, 0.3) is 0 Å². The maximum Gasteiger partial charge on any atom is 0.227 e. The number of benzene rings is 2. The number of hydrogen-bond acceptors (Lipinski definition) is 7. The van der Waals surface area contributed by atoms with Gasteiger partial charge in [-0.3, -0.25) is 14.4 Å². The number of carbonyl (C=O) groups is 3. The van der Waals surface area contributed by atoms with Gasteiger partial charge in [-0.1, -0.05) is 126 Å². The first-order chi connectivity index (χ1) is 27.1. The molecule has 0 aromatic heterocycles. The van der Waals surface area contributed by atoms with Crippen LogP contribution in [0.15, 0.2) is 48.5 Å². The van der Waals surface area contributed by atoms with Crippen molar-refractivity contribution in [2.75, 3.05) is 70.8 Å². The van der Waals surface area contributed by atoms with Crippen molar-refractivity contribution in [2.45, 2.75) is 116 Å². The van der Waals surface area contributed by atoms with Gasteiger partial charge in [0.1, 0.15) is 0 Å². The molecule has 2 N–H and O–H groups in total. The lowest BCUT2D eigenvalue weighted by molar-refractivity contribution is -0.125. The van der Waals surface area contributed by atoms with E-state index in [0.717, 1.165) is 35.2 Å². The third-order valence-electron chi connectivity index (χ3n) is 9.50. The zero-order chi connectivity index (χ0) is 39.0. The SMILES string of the molecule is CCCCCCCCCCCCCCCC(=O)NCCOCCOCCOCCOCCNC(=O)CCC(=O)N1Cc2ccccc2C#Cc2ccccc21. The number of unbranched alkanes of at least 4 members (excludes halogenated alkanes) is 12. The highest BCUT2D eigenvalue weighted by atomic mass is 16.6. The van der Waals surface area contributed by atoms with Crippen molar-refractivity contribution in [1.82, 2.24) is 10.6 Å². The smallest absolute Gasteiger partial charge is 0.227 e. The molecule has 1 aliphatic rings. The molecule has 1 aliphatic heterocycles. The van der Waals surface area contributed by atoms with E-state index in [1.54, 1.807) is 4.90 Å². The third-order valence-corrected chi connectivity index (χ3v) is 9.50. The molecule has 0 saturated heterocycles. The van der Waals surface area contributed by atoms with Gasteiger partial charge in [-0.25, -0.2) is 0 Å². The molecule has 0 unspecified atom stereocenters. The van der Waals surface area contributed by atoms with Gasteiger partial charge >= 0.3 is 0 Å². The van der Waals surface area contributed by atoms with E-state index >= 15 is 0 Å². The second-order valence-electron chi connectivity index (χ2n) is 14.0. The standard InChI is InChI=1S/C45H67N3O7/c1-2-3-4-5-6-7-8-9-10-11-12-13-14-23-43(49)46-28-30-52-32-34-54-36-37-55-35-33-53-31-29-47-44(50)26-27-45(51)48-38-41-21-16-15-19-39(41)24-25-40-20-17-18-22-42(40)48/h15-22H,2-14,23,26-38H2,1H3,(H,46,49)(H,47,50). The lowest BCUT2D eigenvalue weighted by Crippen LogP contribution is -2.34. The first-order valence-corrected chi connectivity index (χ1v) is 20.9. The Morgan fingerprint density at radius 3 is 1.58 bits per heavy atom. The Labute approximate surface area is 330 Å². The van der Waals surface area contributed by atoms with Gasteiger partial charge < -0.3 is 34.5 Å². The quantitative estimate of drug-likeness (QED) is 0.0587. The Bertz CT molecular complexity index is 1420. The average Bonchev–Trinajstić information content (AvgIpc) is 3.19. The Hall–Kier alpha value is -3.75. The molecule has 0 aliphatic carbocycles. The number of nitrogens with one attached hydrogen (secondary N) is 2. The maximum absolute atomic E-state index is 13.3. The molecule has 1 heterocycles. The van der Waals surface area contributed by atoms with E-state index in [0.29, 0.717) is 78.9 Å². The largest absolute Gasteiger partial charge is 0.377 e. The molecule has 3 amide bonds. The van der Waals surface area contributed by atoms with Crippen LogP contribution < -0.4 is 15.5 Å². The van der Waals surface area contributed by atoms with Gasteiger partial charge in [-0.15, -0.1) is 0 Å². The van der Waals surface area contributed by atoms with Crippen LogP contribution in [0.1, 0.15) is 126 Å². The molecular formula is C45H67N3O7. The van der Waals surface area contributed by atoms with Crippen LogP contribution in [0.4, 0.5) is 5.69 Å². The van der Waals surface area contributed by atoms with Gasteiger partial charge in [0, 0.05) is 43.5 Å². The van der Waals surface area contributed by atoms with E-state index in [4.69, 9.17) is 18.9 Å². The first kappa shape index (κ1) is 45.6. The topological polar surface area (TPSA) is 115 Å².